The predicted molar refractivity (Wildman–Crippen MR) is 129 cm³/mol. The Kier molecular flexibility index (Phi) is 6.36. The lowest BCUT2D eigenvalue weighted by Crippen LogP contribution is -2.36. The van der Waals surface area contributed by atoms with Crippen molar-refractivity contribution in [3.63, 3.8) is 0 Å². The molecule has 1 heterocycles. The highest BCUT2D eigenvalue weighted by molar-refractivity contribution is 7.91. The van der Waals surface area contributed by atoms with E-state index in [0.29, 0.717) is 24.7 Å². The molecule has 5 rings (SSSR count). The monoisotopic (exact) mass is 495 g/mol. The quantitative estimate of drug-likeness (QED) is 0.518. The van der Waals surface area contributed by atoms with Crippen LogP contribution in [0.4, 0.5) is 4.79 Å². The molecule has 0 spiro atoms. The highest BCUT2D eigenvalue weighted by Crippen LogP contribution is 2.44. The third-order valence-corrected chi connectivity index (χ3v) is 7.91. The van der Waals surface area contributed by atoms with E-state index in [2.05, 4.69) is 5.32 Å². The van der Waals surface area contributed by atoms with Gasteiger partial charge in [0, 0.05) is 18.5 Å². The number of carbonyl (C=O) groups is 1. The van der Waals surface area contributed by atoms with E-state index in [1.54, 1.807) is 0 Å². The number of aliphatic hydroxyl groups is 1. The van der Waals surface area contributed by atoms with Gasteiger partial charge in [0.25, 0.3) is 0 Å². The molecule has 35 heavy (non-hydrogen) atoms. The van der Waals surface area contributed by atoms with Crippen molar-refractivity contribution in [2.24, 2.45) is 0 Å². The van der Waals surface area contributed by atoms with Crippen LogP contribution in [0.3, 0.4) is 0 Å². The second-order valence-corrected chi connectivity index (χ2v) is 10.5. The van der Waals surface area contributed by atoms with Gasteiger partial charge in [-0.2, -0.15) is 0 Å². The predicted octanol–water partition coefficient (Wildman–Crippen LogP) is 3.13. The van der Waals surface area contributed by atoms with Gasteiger partial charge in [-0.1, -0.05) is 48.5 Å². The van der Waals surface area contributed by atoms with Crippen LogP contribution in [-0.2, 0) is 14.6 Å². The van der Waals surface area contributed by atoms with Gasteiger partial charge < -0.3 is 24.6 Å². The minimum Gasteiger partial charge on any atom is -0.486 e. The average Bonchev–Trinajstić information content (AvgIpc) is 3.19. The molecule has 0 aromatic heterocycles. The highest BCUT2D eigenvalue weighted by Gasteiger charge is 2.29. The van der Waals surface area contributed by atoms with Crippen LogP contribution in [0.5, 0.6) is 11.5 Å². The number of benzene rings is 3. The van der Waals surface area contributed by atoms with E-state index in [4.69, 9.17) is 14.2 Å². The number of hydrogen-bond donors (Lipinski definition) is 2. The van der Waals surface area contributed by atoms with Crippen molar-refractivity contribution in [2.75, 3.05) is 32.1 Å². The van der Waals surface area contributed by atoms with Gasteiger partial charge in [-0.05, 0) is 34.4 Å². The molecule has 2 N–H and O–H groups in total. The molecule has 182 valence electrons. The van der Waals surface area contributed by atoms with Gasteiger partial charge in [0.1, 0.15) is 19.8 Å². The fourth-order valence-corrected chi connectivity index (χ4v) is 5.85. The van der Waals surface area contributed by atoms with Crippen molar-refractivity contribution >= 4 is 15.9 Å². The number of alkyl carbamates (subject to hydrolysis) is 1. The van der Waals surface area contributed by atoms with Crippen LogP contribution in [0.2, 0.25) is 0 Å². The molecular formula is C26H25NO7S. The van der Waals surface area contributed by atoms with Gasteiger partial charge in [-0.3, -0.25) is 0 Å². The first-order valence-corrected chi connectivity index (χ1v) is 13.0. The molecule has 3 aromatic carbocycles. The van der Waals surface area contributed by atoms with Gasteiger partial charge in [0.05, 0.1) is 16.8 Å². The Morgan fingerprint density at radius 2 is 1.60 bits per heavy atom. The summed E-state index contributed by atoms with van der Waals surface area (Å²) in [5.41, 5.74) is 4.42. The molecule has 1 amide bonds. The molecule has 0 bridgehead atoms. The average molecular weight is 496 g/mol. The van der Waals surface area contributed by atoms with E-state index in [0.717, 1.165) is 22.3 Å². The summed E-state index contributed by atoms with van der Waals surface area (Å²) in [6, 6.07) is 20.3. The third kappa shape index (κ3) is 4.82. The smallest absolute Gasteiger partial charge is 0.407 e. The van der Waals surface area contributed by atoms with Gasteiger partial charge in [0.15, 0.2) is 21.3 Å². The molecule has 1 aliphatic carbocycles. The summed E-state index contributed by atoms with van der Waals surface area (Å²) in [6.07, 6.45) is -2.03. The number of amides is 1. The van der Waals surface area contributed by atoms with Gasteiger partial charge >= 0.3 is 6.09 Å². The first-order valence-electron chi connectivity index (χ1n) is 11.3. The Balaban J connectivity index is 1.15. The summed E-state index contributed by atoms with van der Waals surface area (Å²) in [5.74, 6) is 0.181. The summed E-state index contributed by atoms with van der Waals surface area (Å²) in [4.78, 5) is 12.3. The summed E-state index contributed by atoms with van der Waals surface area (Å²) < 4.78 is 41.7. The molecule has 1 atom stereocenters. The van der Waals surface area contributed by atoms with E-state index < -0.39 is 27.8 Å². The Morgan fingerprint density at radius 3 is 2.29 bits per heavy atom. The molecule has 0 saturated heterocycles. The Morgan fingerprint density at radius 1 is 0.971 bits per heavy atom. The van der Waals surface area contributed by atoms with Gasteiger partial charge in [0.2, 0.25) is 0 Å². The van der Waals surface area contributed by atoms with Crippen molar-refractivity contribution in [1.29, 1.82) is 0 Å². The zero-order valence-electron chi connectivity index (χ0n) is 18.8. The number of aliphatic hydroxyl groups excluding tert-OH is 1. The lowest BCUT2D eigenvalue weighted by molar-refractivity contribution is 0.132. The number of rotatable bonds is 7. The van der Waals surface area contributed by atoms with Crippen molar-refractivity contribution in [2.45, 2.75) is 16.9 Å². The van der Waals surface area contributed by atoms with Crippen LogP contribution in [0, 0.1) is 0 Å². The van der Waals surface area contributed by atoms with Crippen LogP contribution >= 0.6 is 0 Å². The molecular weight excluding hydrogens is 470 g/mol. The molecule has 0 fully saturated rings. The number of nitrogens with one attached hydrogen (secondary N) is 1. The standard InChI is InChI=1S/C26H25NO7S/c28-17(16-35(30,31)18-9-10-24-25(13-18)33-12-11-32-24)14-27-26(29)34-15-23-21-7-3-1-5-19(21)20-6-2-4-8-22(20)23/h1-10,13,17,23,28H,11-12,14-16H2,(H,27,29). The van der Waals surface area contributed by atoms with E-state index in [1.165, 1.54) is 18.2 Å². The first-order chi connectivity index (χ1) is 16.9. The molecule has 1 aliphatic heterocycles. The van der Waals surface area contributed by atoms with E-state index in [1.807, 2.05) is 48.5 Å². The largest absolute Gasteiger partial charge is 0.486 e. The molecule has 9 heteroatoms. The SMILES string of the molecule is O=C(NCC(O)CS(=O)(=O)c1ccc2c(c1)OCCO2)OCC1c2ccccc2-c2ccccc21. The maximum Gasteiger partial charge on any atom is 0.407 e. The summed E-state index contributed by atoms with van der Waals surface area (Å²) in [5, 5.41) is 12.7. The van der Waals surface area contributed by atoms with Crippen molar-refractivity contribution in [3.8, 4) is 22.6 Å². The number of hydrogen-bond acceptors (Lipinski definition) is 7. The number of ether oxygens (including phenoxy) is 3. The van der Waals surface area contributed by atoms with Crippen molar-refractivity contribution in [1.82, 2.24) is 5.32 Å². The third-order valence-electron chi connectivity index (χ3n) is 6.11. The van der Waals surface area contributed by atoms with Crippen LogP contribution < -0.4 is 14.8 Å². The van der Waals surface area contributed by atoms with Crippen LogP contribution in [-0.4, -0.2) is 57.8 Å². The fourth-order valence-electron chi connectivity index (χ4n) is 4.48. The Hall–Kier alpha value is -3.56. The van der Waals surface area contributed by atoms with E-state index in [-0.39, 0.29) is 24.0 Å². The highest BCUT2D eigenvalue weighted by atomic mass is 32.2. The maximum atomic E-state index is 12.7. The maximum absolute atomic E-state index is 12.7. The topological polar surface area (TPSA) is 111 Å². The van der Waals surface area contributed by atoms with E-state index in [9.17, 15) is 18.3 Å². The minimum absolute atomic E-state index is 0.0157. The molecule has 8 nitrogen and oxygen atoms in total. The Bertz CT molecular complexity index is 1310. The normalized spacial score (nSPS) is 15.1. The summed E-state index contributed by atoms with van der Waals surface area (Å²) >= 11 is 0. The van der Waals surface area contributed by atoms with Gasteiger partial charge in [-0.25, -0.2) is 13.2 Å². The van der Waals surface area contributed by atoms with E-state index >= 15 is 0 Å². The summed E-state index contributed by atoms with van der Waals surface area (Å²) in [6.45, 7) is 0.606. The van der Waals surface area contributed by atoms with Crippen LogP contribution in [0.15, 0.2) is 71.6 Å². The number of fused-ring (bicyclic) bond motifs is 4. The molecule has 0 radical (unpaired) electrons. The zero-order valence-corrected chi connectivity index (χ0v) is 19.7. The zero-order chi connectivity index (χ0) is 24.4. The molecule has 2 aliphatic rings. The molecule has 1 unspecified atom stereocenters. The fraction of sp³-hybridized carbons (Fsp3) is 0.269. The van der Waals surface area contributed by atoms with Crippen molar-refractivity contribution in [3.05, 3.63) is 77.9 Å². The van der Waals surface area contributed by atoms with Gasteiger partial charge in [-0.15, -0.1) is 0 Å². The first kappa shape index (κ1) is 23.2. The minimum atomic E-state index is -3.81. The second kappa shape index (κ2) is 9.59. The Labute approximate surface area is 203 Å². The molecule has 0 saturated carbocycles. The lowest BCUT2D eigenvalue weighted by Gasteiger charge is -2.19. The van der Waals surface area contributed by atoms with Crippen molar-refractivity contribution < 1.29 is 32.5 Å². The lowest BCUT2D eigenvalue weighted by atomic mass is 9.98. The number of carbonyl (C=O) groups excluding carboxylic acids is 1. The summed E-state index contributed by atoms with van der Waals surface area (Å²) in [7, 11) is -3.81. The second-order valence-electron chi connectivity index (χ2n) is 8.45. The number of sulfone groups is 1. The van der Waals surface area contributed by atoms with Crippen LogP contribution in [0.1, 0.15) is 17.0 Å². The molecule has 3 aromatic rings. The van der Waals surface area contributed by atoms with Crippen LogP contribution in [0.25, 0.3) is 11.1 Å².